The van der Waals surface area contributed by atoms with E-state index in [4.69, 9.17) is 11.6 Å². The van der Waals surface area contributed by atoms with Gasteiger partial charge in [0.15, 0.2) is 5.65 Å². The highest BCUT2D eigenvalue weighted by Gasteiger charge is 2.18. The Bertz CT molecular complexity index is 572. The van der Waals surface area contributed by atoms with Gasteiger partial charge < -0.3 is 4.57 Å². The molecule has 4 heteroatoms. The van der Waals surface area contributed by atoms with Gasteiger partial charge >= 0.3 is 0 Å². The van der Waals surface area contributed by atoms with E-state index in [9.17, 15) is 0 Å². The average molecular weight is 280 g/mol. The second-order valence-electron chi connectivity index (χ2n) is 5.71. The summed E-state index contributed by atoms with van der Waals surface area (Å²) in [5.41, 5.74) is 2.90. The van der Waals surface area contributed by atoms with Crippen LogP contribution in [0.5, 0.6) is 0 Å². The van der Waals surface area contributed by atoms with E-state index in [0.29, 0.717) is 11.8 Å². The van der Waals surface area contributed by atoms with Crippen molar-refractivity contribution in [3.63, 3.8) is 0 Å². The van der Waals surface area contributed by atoms with Gasteiger partial charge in [0.1, 0.15) is 11.3 Å². The fourth-order valence-electron chi connectivity index (χ4n) is 2.10. The van der Waals surface area contributed by atoms with E-state index >= 15 is 0 Å². The molecule has 0 aliphatic rings. The third-order valence-electron chi connectivity index (χ3n) is 3.73. The van der Waals surface area contributed by atoms with Crippen molar-refractivity contribution < 1.29 is 0 Å². The number of alkyl halides is 1. The van der Waals surface area contributed by atoms with Crippen molar-refractivity contribution in [3.8, 4) is 0 Å². The van der Waals surface area contributed by atoms with Crippen LogP contribution in [0.15, 0.2) is 12.1 Å². The third-order valence-corrected chi connectivity index (χ3v) is 3.92. The van der Waals surface area contributed by atoms with Crippen molar-refractivity contribution in [2.75, 3.05) is 0 Å². The molecule has 104 valence electrons. The molecule has 0 N–H and O–H groups in total. The zero-order chi connectivity index (χ0) is 14.2. The minimum Gasteiger partial charge on any atom is -0.311 e. The average Bonchev–Trinajstić information content (AvgIpc) is 2.67. The maximum Gasteiger partial charge on any atom is 0.160 e. The first-order chi connectivity index (χ1) is 8.90. The summed E-state index contributed by atoms with van der Waals surface area (Å²) in [6.45, 7) is 11.6. The molecule has 0 radical (unpaired) electrons. The number of aryl methyl sites for hydroxylation is 1. The lowest BCUT2D eigenvalue weighted by Crippen LogP contribution is -2.16. The van der Waals surface area contributed by atoms with Gasteiger partial charge in [-0.15, -0.1) is 11.6 Å². The van der Waals surface area contributed by atoms with Crippen LogP contribution in [0.25, 0.3) is 11.2 Å². The Labute approximate surface area is 120 Å². The van der Waals surface area contributed by atoms with E-state index in [1.165, 1.54) is 0 Å². The van der Waals surface area contributed by atoms with Gasteiger partial charge in [-0.05, 0) is 37.8 Å². The third kappa shape index (κ3) is 2.92. The van der Waals surface area contributed by atoms with Crippen molar-refractivity contribution >= 4 is 22.8 Å². The number of aromatic nitrogens is 3. The van der Waals surface area contributed by atoms with Crippen molar-refractivity contribution in [2.24, 2.45) is 11.8 Å². The molecule has 2 unspecified atom stereocenters. The first kappa shape index (κ1) is 14.3. The number of hydrogen-bond donors (Lipinski definition) is 0. The Morgan fingerprint density at radius 3 is 2.42 bits per heavy atom. The second-order valence-corrected chi connectivity index (χ2v) is 6.37. The first-order valence-corrected chi connectivity index (χ1v) is 7.31. The van der Waals surface area contributed by atoms with E-state index in [1.807, 2.05) is 26.0 Å². The van der Waals surface area contributed by atoms with Crippen LogP contribution in [0.3, 0.4) is 0 Å². The van der Waals surface area contributed by atoms with Gasteiger partial charge in [0.25, 0.3) is 0 Å². The molecule has 0 saturated heterocycles. The predicted molar refractivity (Wildman–Crippen MR) is 80.5 cm³/mol. The van der Waals surface area contributed by atoms with Crippen LogP contribution < -0.4 is 0 Å². The monoisotopic (exact) mass is 279 g/mol. The van der Waals surface area contributed by atoms with Crippen LogP contribution in [0.1, 0.15) is 44.6 Å². The van der Waals surface area contributed by atoms with E-state index in [0.717, 1.165) is 29.2 Å². The zero-order valence-corrected chi connectivity index (χ0v) is 13.1. The van der Waals surface area contributed by atoms with Gasteiger partial charge in [-0.3, -0.25) is 0 Å². The van der Waals surface area contributed by atoms with Gasteiger partial charge in [0.05, 0.1) is 5.38 Å². The number of hydrogen-bond acceptors (Lipinski definition) is 2. The SMILES string of the molecule is Cc1ccc2nc(C(C)Cl)n(CC(C)C(C)C)c2n1. The Morgan fingerprint density at radius 2 is 1.84 bits per heavy atom. The molecule has 2 rings (SSSR count). The standard InChI is InChI=1S/C15H22ClN3/c1-9(2)10(3)8-19-14(12(5)16)18-13-7-6-11(4)17-15(13)19/h6-7,9-10,12H,8H2,1-5H3. The Kier molecular flexibility index (Phi) is 4.14. The number of nitrogens with zero attached hydrogens (tertiary/aromatic N) is 3. The maximum atomic E-state index is 6.27. The highest BCUT2D eigenvalue weighted by molar-refractivity contribution is 6.20. The molecular weight excluding hydrogens is 258 g/mol. The first-order valence-electron chi connectivity index (χ1n) is 6.88. The number of fused-ring (bicyclic) bond motifs is 1. The highest BCUT2D eigenvalue weighted by Crippen LogP contribution is 2.26. The number of halogens is 1. The van der Waals surface area contributed by atoms with Gasteiger partial charge in [0, 0.05) is 12.2 Å². The molecule has 2 aromatic rings. The number of rotatable bonds is 4. The van der Waals surface area contributed by atoms with Crippen LogP contribution >= 0.6 is 11.6 Å². The van der Waals surface area contributed by atoms with Crippen LogP contribution in [0.4, 0.5) is 0 Å². The highest BCUT2D eigenvalue weighted by atomic mass is 35.5. The summed E-state index contributed by atoms with van der Waals surface area (Å²) in [6.07, 6.45) is 0. The second kappa shape index (κ2) is 5.49. The van der Waals surface area contributed by atoms with Gasteiger partial charge in [-0.1, -0.05) is 20.8 Å². The lowest BCUT2D eigenvalue weighted by Gasteiger charge is -2.18. The maximum absolute atomic E-state index is 6.27. The number of pyridine rings is 1. The zero-order valence-electron chi connectivity index (χ0n) is 12.3. The van der Waals surface area contributed by atoms with Gasteiger partial charge in [-0.2, -0.15) is 0 Å². The normalized spacial score (nSPS) is 15.1. The minimum atomic E-state index is -0.103. The molecule has 0 bridgehead atoms. The molecular formula is C15H22ClN3. The fraction of sp³-hybridized carbons (Fsp3) is 0.600. The van der Waals surface area contributed by atoms with E-state index < -0.39 is 0 Å². The predicted octanol–water partition coefficient (Wildman–Crippen LogP) is 4.33. The van der Waals surface area contributed by atoms with Crippen molar-refractivity contribution in [3.05, 3.63) is 23.7 Å². The molecule has 2 aromatic heterocycles. The molecule has 0 fully saturated rings. The van der Waals surface area contributed by atoms with Crippen LogP contribution in [-0.4, -0.2) is 14.5 Å². The van der Waals surface area contributed by atoms with Crippen LogP contribution in [0.2, 0.25) is 0 Å². The molecule has 0 aliphatic heterocycles. The van der Waals surface area contributed by atoms with Crippen molar-refractivity contribution in [1.29, 1.82) is 0 Å². The quantitative estimate of drug-likeness (QED) is 0.780. The van der Waals surface area contributed by atoms with Crippen molar-refractivity contribution in [2.45, 2.75) is 46.5 Å². The molecule has 0 amide bonds. The Hall–Kier alpha value is -1.09. The smallest absolute Gasteiger partial charge is 0.160 e. The molecule has 0 saturated carbocycles. The van der Waals surface area contributed by atoms with E-state index in [2.05, 4.69) is 35.3 Å². The molecule has 3 nitrogen and oxygen atoms in total. The minimum absolute atomic E-state index is 0.103. The summed E-state index contributed by atoms with van der Waals surface area (Å²) in [5.74, 6) is 2.11. The fourth-order valence-corrected chi connectivity index (χ4v) is 2.26. The van der Waals surface area contributed by atoms with Crippen LogP contribution in [0, 0.1) is 18.8 Å². The van der Waals surface area contributed by atoms with Gasteiger partial charge in [-0.25, -0.2) is 9.97 Å². The van der Waals surface area contributed by atoms with Crippen LogP contribution in [-0.2, 0) is 6.54 Å². The van der Waals surface area contributed by atoms with Crippen molar-refractivity contribution in [1.82, 2.24) is 14.5 Å². The molecule has 19 heavy (non-hydrogen) atoms. The Balaban J connectivity index is 2.54. The summed E-state index contributed by atoms with van der Waals surface area (Å²) >= 11 is 6.27. The molecule has 0 aromatic carbocycles. The van der Waals surface area contributed by atoms with Gasteiger partial charge in [0.2, 0.25) is 0 Å². The molecule has 2 heterocycles. The summed E-state index contributed by atoms with van der Waals surface area (Å²) in [6, 6.07) is 4.02. The number of imidazole rings is 1. The largest absolute Gasteiger partial charge is 0.311 e. The topological polar surface area (TPSA) is 30.7 Å². The lowest BCUT2D eigenvalue weighted by molar-refractivity contribution is 0.363. The summed E-state index contributed by atoms with van der Waals surface area (Å²) in [4.78, 5) is 9.27. The van der Waals surface area contributed by atoms with E-state index in [1.54, 1.807) is 0 Å². The lowest BCUT2D eigenvalue weighted by atomic mass is 9.98. The molecule has 2 atom stereocenters. The summed E-state index contributed by atoms with van der Waals surface area (Å²) < 4.78 is 2.19. The van der Waals surface area contributed by atoms with E-state index in [-0.39, 0.29) is 5.38 Å². The Morgan fingerprint density at radius 1 is 1.16 bits per heavy atom. The summed E-state index contributed by atoms with van der Waals surface area (Å²) in [5, 5.41) is -0.103. The summed E-state index contributed by atoms with van der Waals surface area (Å²) in [7, 11) is 0. The molecule has 0 spiro atoms. The molecule has 0 aliphatic carbocycles.